The Kier molecular flexibility index (Phi) is 6.49. The highest BCUT2D eigenvalue weighted by atomic mass is 35.5. The zero-order valence-corrected chi connectivity index (χ0v) is 16.6. The molecule has 1 aromatic carbocycles. The van der Waals surface area contributed by atoms with Gasteiger partial charge in [-0.1, -0.05) is 17.7 Å². The summed E-state index contributed by atoms with van der Waals surface area (Å²) < 4.78 is 0. The van der Waals surface area contributed by atoms with Gasteiger partial charge in [-0.05, 0) is 67.8 Å². The Morgan fingerprint density at radius 3 is 2.88 bits per heavy atom. The number of benzene rings is 1. The molecule has 1 amide bonds. The largest absolute Gasteiger partial charge is 0.342 e. The molecule has 0 radical (unpaired) electrons. The molecule has 0 spiro atoms. The molecular weight excluding hydrogens is 366 g/mol. The van der Waals surface area contributed by atoms with Gasteiger partial charge < -0.3 is 4.90 Å². The Bertz CT molecular complexity index is 772. The van der Waals surface area contributed by atoms with Crippen LogP contribution in [0.25, 0.3) is 0 Å². The molecule has 1 aromatic heterocycles. The molecular formula is C21H24ClNO2S. The van der Waals surface area contributed by atoms with Crippen LogP contribution in [-0.2, 0) is 11.2 Å². The molecule has 0 aliphatic carbocycles. The van der Waals surface area contributed by atoms with Crippen molar-refractivity contribution < 1.29 is 9.59 Å². The summed E-state index contributed by atoms with van der Waals surface area (Å²) in [5.74, 6) is 0.201. The molecule has 0 saturated carbocycles. The Balaban J connectivity index is 1.56. The van der Waals surface area contributed by atoms with E-state index < -0.39 is 0 Å². The van der Waals surface area contributed by atoms with Crippen LogP contribution in [0.5, 0.6) is 0 Å². The predicted octanol–water partition coefficient (Wildman–Crippen LogP) is 5.15. The molecule has 3 rings (SSSR count). The van der Waals surface area contributed by atoms with Crippen LogP contribution < -0.4 is 0 Å². The molecule has 1 atom stereocenters. The molecule has 2 heterocycles. The highest BCUT2D eigenvalue weighted by Gasteiger charge is 2.29. The summed E-state index contributed by atoms with van der Waals surface area (Å²) >= 11 is 7.73. The van der Waals surface area contributed by atoms with Crippen LogP contribution in [0.15, 0.2) is 35.7 Å². The van der Waals surface area contributed by atoms with Gasteiger partial charge in [0.15, 0.2) is 5.78 Å². The first-order valence-electron chi connectivity index (χ1n) is 9.15. The molecule has 26 heavy (non-hydrogen) atoms. The number of likely N-dealkylation sites (tertiary alicyclic amines) is 1. The number of hydrogen-bond acceptors (Lipinski definition) is 3. The quantitative estimate of drug-likeness (QED) is 0.640. The van der Waals surface area contributed by atoms with Gasteiger partial charge in [0.05, 0.1) is 0 Å². The topological polar surface area (TPSA) is 37.4 Å². The maximum absolute atomic E-state index is 12.9. The summed E-state index contributed by atoms with van der Waals surface area (Å²) in [4.78, 5) is 28.6. The van der Waals surface area contributed by atoms with E-state index in [2.05, 4.69) is 11.4 Å². The average molecular weight is 390 g/mol. The van der Waals surface area contributed by atoms with E-state index in [1.807, 2.05) is 30.0 Å². The van der Waals surface area contributed by atoms with Crippen LogP contribution >= 0.6 is 22.9 Å². The van der Waals surface area contributed by atoms with Crippen LogP contribution in [0.1, 0.15) is 46.5 Å². The van der Waals surface area contributed by atoms with E-state index in [0.717, 1.165) is 43.4 Å². The third kappa shape index (κ3) is 4.74. The van der Waals surface area contributed by atoms with Crippen LogP contribution in [0, 0.1) is 12.8 Å². The van der Waals surface area contributed by atoms with E-state index in [-0.39, 0.29) is 17.6 Å². The zero-order chi connectivity index (χ0) is 18.5. The lowest BCUT2D eigenvalue weighted by atomic mass is 9.88. The first kappa shape index (κ1) is 19.1. The fourth-order valence-electron chi connectivity index (χ4n) is 3.57. The fraction of sp³-hybridized carbons (Fsp3) is 0.429. The average Bonchev–Trinajstić information content (AvgIpc) is 3.15. The molecule has 1 aliphatic heterocycles. The number of aryl methyl sites for hydroxylation is 2. The maximum Gasteiger partial charge on any atom is 0.222 e. The number of hydrogen-bond donors (Lipinski definition) is 0. The van der Waals surface area contributed by atoms with Crippen molar-refractivity contribution in [3.63, 3.8) is 0 Å². The van der Waals surface area contributed by atoms with Crippen molar-refractivity contribution in [2.24, 2.45) is 5.92 Å². The molecule has 0 bridgehead atoms. The SMILES string of the molecule is Cc1cc(Cl)ccc1C(=O)C1CCCN(C(=O)CCCc2cccs2)C1. The zero-order valence-electron chi connectivity index (χ0n) is 15.0. The summed E-state index contributed by atoms with van der Waals surface area (Å²) in [6, 6.07) is 9.55. The molecule has 1 unspecified atom stereocenters. The first-order valence-corrected chi connectivity index (χ1v) is 10.4. The predicted molar refractivity (Wildman–Crippen MR) is 107 cm³/mol. The number of thiophene rings is 1. The number of Topliss-reactive ketones (excluding diaryl/α,β-unsaturated/α-hetero) is 1. The van der Waals surface area contributed by atoms with Gasteiger partial charge in [-0.25, -0.2) is 0 Å². The van der Waals surface area contributed by atoms with Crippen molar-refractivity contribution >= 4 is 34.6 Å². The number of carbonyl (C=O) groups excluding carboxylic acids is 2. The second-order valence-electron chi connectivity index (χ2n) is 6.94. The summed E-state index contributed by atoms with van der Waals surface area (Å²) in [5, 5.41) is 2.71. The summed E-state index contributed by atoms with van der Waals surface area (Å²) in [7, 11) is 0. The minimum atomic E-state index is -0.107. The van der Waals surface area contributed by atoms with Crippen molar-refractivity contribution in [3.05, 3.63) is 56.7 Å². The first-order chi connectivity index (χ1) is 12.5. The van der Waals surface area contributed by atoms with E-state index >= 15 is 0 Å². The van der Waals surface area contributed by atoms with Crippen molar-refractivity contribution in [3.8, 4) is 0 Å². The molecule has 138 valence electrons. The van der Waals surface area contributed by atoms with Crippen LogP contribution in [-0.4, -0.2) is 29.7 Å². The van der Waals surface area contributed by atoms with Crippen molar-refractivity contribution in [2.45, 2.75) is 39.0 Å². The summed E-state index contributed by atoms with van der Waals surface area (Å²) in [5.41, 5.74) is 1.63. The molecule has 1 saturated heterocycles. The van der Waals surface area contributed by atoms with E-state index in [9.17, 15) is 9.59 Å². The number of nitrogens with zero attached hydrogens (tertiary/aromatic N) is 1. The van der Waals surface area contributed by atoms with E-state index in [1.54, 1.807) is 17.4 Å². The monoisotopic (exact) mass is 389 g/mol. The lowest BCUT2D eigenvalue weighted by Crippen LogP contribution is -2.42. The number of amides is 1. The van der Waals surface area contributed by atoms with Crippen molar-refractivity contribution in [1.29, 1.82) is 0 Å². The number of piperidine rings is 1. The molecule has 3 nitrogen and oxygen atoms in total. The van der Waals surface area contributed by atoms with Gasteiger partial charge in [0.25, 0.3) is 0 Å². The van der Waals surface area contributed by atoms with E-state index in [1.165, 1.54) is 4.88 Å². The van der Waals surface area contributed by atoms with Crippen LogP contribution in [0.2, 0.25) is 5.02 Å². The third-order valence-corrected chi connectivity index (χ3v) is 6.16. The Morgan fingerprint density at radius 2 is 2.15 bits per heavy atom. The fourth-order valence-corrected chi connectivity index (χ4v) is 4.55. The molecule has 1 fully saturated rings. The Morgan fingerprint density at radius 1 is 1.31 bits per heavy atom. The van der Waals surface area contributed by atoms with Crippen LogP contribution in [0.4, 0.5) is 0 Å². The molecule has 5 heteroatoms. The second-order valence-corrected chi connectivity index (χ2v) is 8.40. The maximum atomic E-state index is 12.9. The van der Waals surface area contributed by atoms with Crippen molar-refractivity contribution in [2.75, 3.05) is 13.1 Å². The summed E-state index contributed by atoms with van der Waals surface area (Å²) in [6.45, 7) is 3.22. The molecule has 0 N–H and O–H groups in total. The van der Waals surface area contributed by atoms with E-state index in [0.29, 0.717) is 18.0 Å². The summed E-state index contributed by atoms with van der Waals surface area (Å²) in [6.07, 6.45) is 4.10. The van der Waals surface area contributed by atoms with Gasteiger partial charge in [-0.3, -0.25) is 9.59 Å². The van der Waals surface area contributed by atoms with Gasteiger partial charge in [-0.2, -0.15) is 0 Å². The number of rotatable bonds is 6. The van der Waals surface area contributed by atoms with Crippen molar-refractivity contribution in [1.82, 2.24) is 4.90 Å². The van der Waals surface area contributed by atoms with Gasteiger partial charge in [0.2, 0.25) is 5.91 Å². The van der Waals surface area contributed by atoms with E-state index in [4.69, 9.17) is 11.6 Å². The van der Waals surface area contributed by atoms with Gasteiger partial charge in [0, 0.05) is 40.9 Å². The Hall–Kier alpha value is -1.65. The second kappa shape index (κ2) is 8.83. The molecule has 2 aromatic rings. The smallest absolute Gasteiger partial charge is 0.222 e. The third-order valence-electron chi connectivity index (χ3n) is 4.99. The molecule has 1 aliphatic rings. The van der Waals surface area contributed by atoms with Gasteiger partial charge in [0.1, 0.15) is 0 Å². The highest BCUT2D eigenvalue weighted by Crippen LogP contribution is 2.25. The number of halogens is 1. The lowest BCUT2D eigenvalue weighted by molar-refractivity contribution is -0.132. The normalized spacial score (nSPS) is 17.3. The lowest BCUT2D eigenvalue weighted by Gasteiger charge is -2.32. The highest BCUT2D eigenvalue weighted by molar-refractivity contribution is 7.09. The standard InChI is InChI=1S/C21H24ClNO2S/c1-15-13-17(22)9-10-19(15)21(25)16-5-3-11-23(14-16)20(24)8-2-6-18-7-4-12-26-18/h4,7,9-10,12-13,16H,2-3,5-6,8,11,14H2,1H3. The minimum absolute atomic E-state index is 0.107. The number of carbonyl (C=O) groups is 2. The van der Waals surface area contributed by atoms with Crippen LogP contribution in [0.3, 0.4) is 0 Å². The van der Waals surface area contributed by atoms with Gasteiger partial charge in [-0.15, -0.1) is 11.3 Å². The van der Waals surface area contributed by atoms with Gasteiger partial charge >= 0.3 is 0 Å². The minimum Gasteiger partial charge on any atom is -0.342 e. The number of ketones is 1. The Labute approximate surface area is 164 Å².